The molecule has 0 aromatic heterocycles. The number of amides is 1. The highest BCUT2D eigenvalue weighted by atomic mass is 32.2. The van der Waals surface area contributed by atoms with Crippen LogP contribution in [0.1, 0.15) is 30.4 Å². The van der Waals surface area contributed by atoms with Crippen LogP contribution in [0.2, 0.25) is 0 Å². The standard InChI is InChI=1S/C27H30F2N2O4S/c28-25-15-14-24(20-26(25)29)36(33,34)31-27(32)16-18-30-17-4-8-22-10-12-23(13-11-22)35-19-5-9-21-6-2-1-3-7-21/h1-3,6-7,10-15,20,30H,4-5,8-9,16-19H2,(H,31,32). The highest BCUT2D eigenvalue weighted by Crippen LogP contribution is 2.15. The Morgan fingerprint density at radius 1 is 0.806 bits per heavy atom. The third kappa shape index (κ3) is 9.05. The predicted molar refractivity (Wildman–Crippen MR) is 134 cm³/mol. The lowest BCUT2D eigenvalue weighted by atomic mass is 10.1. The number of hydrogen-bond acceptors (Lipinski definition) is 5. The lowest BCUT2D eigenvalue weighted by Gasteiger charge is -2.09. The molecule has 0 aliphatic rings. The molecule has 3 rings (SSSR count). The van der Waals surface area contributed by atoms with E-state index < -0.39 is 32.5 Å². The van der Waals surface area contributed by atoms with E-state index >= 15 is 0 Å². The Hall–Kier alpha value is -3.30. The number of rotatable bonds is 14. The molecule has 3 aromatic carbocycles. The van der Waals surface area contributed by atoms with Crippen molar-refractivity contribution in [2.24, 2.45) is 0 Å². The molecule has 0 saturated carbocycles. The number of carbonyl (C=O) groups is 1. The van der Waals surface area contributed by atoms with Crippen LogP contribution in [0.5, 0.6) is 5.75 Å². The average Bonchev–Trinajstić information content (AvgIpc) is 2.86. The fourth-order valence-electron chi connectivity index (χ4n) is 3.51. The summed E-state index contributed by atoms with van der Waals surface area (Å²) >= 11 is 0. The van der Waals surface area contributed by atoms with E-state index in [2.05, 4.69) is 17.4 Å². The van der Waals surface area contributed by atoms with Crippen LogP contribution >= 0.6 is 0 Å². The van der Waals surface area contributed by atoms with Crippen LogP contribution in [0.15, 0.2) is 77.7 Å². The predicted octanol–water partition coefficient (Wildman–Crippen LogP) is 4.39. The van der Waals surface area contributed by atoms with Crippen molar-refractivity contribution in [2.45, 2.75) is 37.0 Å². The Morgan fingerprint density at radius 2 is 1.50 bits per heavy atom. The Morgan fingerprint density at radius 3 is 2.22 bits per heavy atom. The summed E-state index contributed by atoms with van der Waals surface area (Å²) in [7, 11) is -4.25. The van der Waals surface area contributed by atoms with Crippen molar-refractivity contribution in [3.05, 3.63) is 95.6 Å². The molecule has 1 amide bonds. The summed E-state index contributed by atoms with van der Waals surface area (Å²) in [5.41, 5.74) is 2.47. The van der Waals surface area contributed by atoms with Gasteiger partial charge in [0.05, 0.1) is 11.5 Å². The minimum absolute atomic E-state index is 0.0702. The molecule has 192 valence electrons. The molecule has 2 N–H and O–H groups in total. The molecular weight excluding hydrogens is 486 g/mol. The Bertz CT molecular complexity index is 1220. The number of sulfonamides is 1. The third-order valence-corrected chi connectivity index (χ3v) is 6.81. The first kappa shape index (κ1) is 27.3. The van der Waals surface area contributed by atoms with E-state index in [0.29, 0.717) is 25.3 Å². The Labute approximate surface area is 210 Å². The van der Waals surface area contributed by atoms with E-state index in [4.69, 9.17) is 4.74 Å². The van der Waals surface area contributed by atoms with Crippen molar-refractivity contribution < 1.29 is 26.7 Å². The van der Waals surface area contributed by atoms with Gasteiger partial charge in [-0.3, -0.25) is 4.79 Å². The number of hydrogen-bond donors (Lipinski definition) is 2. The Balaban J connectivity index is 1.27. The highest BCUT2D eigenvalue weighted by molar-refractivity contribution is 7.90. The molecule has 0 spiro atoms. The van der Waals surface area contributed by atoms with Gasteiger partial charge in [0, 0.05) is 13.0 Å². The maximum absolute atomic E-state index is 13.3. The van der Waals surface area contributed by atoms with E-state index in [1.807, 2.05) is 47.2 Å². The summed E-state index contributed by atoms with van der Waals surface area (Å²) in [6, 6.07) is 20.4. The topological polar surface area (TPSA) is 84.5 Å². The highest BCUT2D eigenvalue weighted by Gasteiger charge is 2.19. The van der Waals surface area contributed by atoms with Gasteiger partial charge in [-0.15, -0.1) is 0 Å². The molecule has 0 radical (unpaired) electrons. The van der Waals surface area contributed by atoms with Gasteiger partial charge < -0.3 is 10.1 Å². The minimum atomic E-state index is -4.25. The van der Waals surface area contributed by atoms with Crippen LogP contribution in [0.4, 0.5) is 8.78 Å². The average molecular weight is 517 g/mol. The first-order chi connectivity index (χ1) is 17.3. The fourth-order valence-corrected chi connectivity index (χ4v) is 4.54. The molecular formula is C27H30F2N2O4S. The molecule has 36 heavy (non-hydrogen) atoms. The molecule has 0 aliphatic heterocycles. The van der Waals surface area contributed by atoms with Crippen molar-refractivity contribution in [3.63, 3.8) is 0 Å². The molecule has 0 atom stereocenters. The molecule has 0 bridgehead atoms. The summed E-state index contributed by atoms with van der Waals surface area (Å²) in [4.78, 5) is 11.4. The van der Waals surface area contributed by atoms with Crippen LogP contribution in [-0.2, 0) is 27.7 Å². The van der Waals surface area contributed by atoms with Gasteiger partial charge >= 0.3 is 0 Å². The first-order valence-corrected chi connectivity index (χ1v) is 13.3. The molecule has 9 heteroatoms. The van der Waals surface area contributed by atoms with Crippen molar-refractivity contribution >= 4 is 15.9 Å². The number of nitrogens with one attached hydrogen (secondary N) is 2. The lowest BCUT2D eigenvalue weighted by Crippen LogP contribution is -2.33. The van der Waals surface area contributed by atoms with Crippen LogP contribution in [0, 0.1) is 11.6 Å². The number of ether oxygens (including phenoxy) is 1. The van der Waals surface area contributed by atoms with Crippen LogP contribution < -0.4 is 14.8 Å². The van der Waals surface area contributed by atoms with Gasteiger partial charge in [-0.05, 0) is 73.7 Å². The smallest absolute Gasteiger partial charge is 0.264 e. The normalized spacial score (nSPS) is 11.3. The lowest BCUT2D eigenvalue weighted by molar-refractivity contribution is -0.119. The van der Waals surface area contributed by atoms with Crippen molar-refractivity contribution in [3.8, 4) is 5.75 Å². The van der Waals surface area contributed by atoms with E-state index in [1.165, 1.54) is 11.1 Å². The summed E-state index contributed by atoms with van der Waals surface area (Å²) in [6.45, 7) is 1.60. The molecule has 0 fully saturated rings. The second-order valence-corrected chi connectivity index (χ2v) is 9.97. The zero-order valence-electron chi connectivity index (χ0n) is 19.9. The summed E-state index contributed by atoms with van der Waals surface area (Å²) in [5, 5.41) is 3.10. The number of aryl methyl sites for hydroxylation is 2. The summed E-state index contributed by atoms with van der Waals surface area (Å²) in [6.07, 6.45) is 3.55. The maximum atomic E-state index is 13.3. The van der Waals surface area contributed by atoms with Crippen molar-refractivity contribution in [1.29, 1.82) is 0 Å². The van der Waals surface area contributed by atoms with Gasteiger partial charge in [0.25, 0.3) is 10.0 Å². The fraction of sp³-hybridized carbons (Fsp3) is 0.296. The SMILES string of the molecule is O=C(CCNCCCc1ccc(OCCCc2ccccc2)cc1)NS(=O)(=O)c1ccc(F)c(F)c1. The molecule has 0 aliphatic carbocycles. The molecule has 0 heterocycles. The van der Waals surface area contributed by atoms with Crippen molar-refractivity contribution in [1.82, 2.24) is 10.0 Å². The largest absolute Gasteiger partial charge is 0.494 e. The van der Waals surface area contributed by atoms with Gasteiger partial charge in [0.1, 0.15) is 5.75 Å². The number of carbonyl (C=O) groups excluding carboxylic acids is 1. The van der Waals surface area contributed by atoms with E-state index in [0.717, 1.165) is 37.5 Å². The monoisotopic (exact) mass is 516 g/mol. The Kier molecular flexibility index (Phi) is 10.4. The van der Waals surface area contributed by atoms with Crippen LogP contribution in [0.3, 0.4) is 0 Å². The zero-order valence-corrected chi connectivity index (χ0v) is 20.7. The number of halogens is 2. The van der Waals surface area contributed by atoms with Crippen LogP contribution in [-0.4, -0.2) is 34.0 Å². The van der Waals surface area contributed by atoms with E-state index in [9.17, 15) is 22.0 Å². The zero-order chi connectivity index (χ0) is 25.8. The maximum Gasteiger partial charge on any atom is 0.264 e. The minimum Gasteiger partial charge on any atom is -0.494 e. The summed E-state index contributed by atoms with van der Waals surface area (Å²) in [5.74, 6) is -2.35. The van der Waals surface area contributed by atoms with Crippen LogP contribution in [0.25, 0.3) is 0 Å². The van der Waals surface area contributed by atoms with Gasteiger partial charge in [-0.2, -0.15) is 0 Å². The molecule has 6 nitrogen and oxygen atoms in total. The first-order valence-electron chi connectivity index (χ1n) is 11.8. The molecule has 0 unspecified atom stereocenters. The van der Waals surface area contributed by atoms with Gasteiger partial charge in [-0.1, -0.05) is 42.5 Å². The molecule has 0 saturated heterocycles. The summed E-state index contributed by atoms with van der Waals surface area (Å²) < 4.78 is 58.1. The quantitative estimate of drug-likeness (QED) is 0.311. The van der Waals surface area contributed by atoms with Gasteiger partial charge in [0.2, 0.25) is 5.91 Å². The molecule has 3 aromatic rings. The van der Waals surface area contributed by atoms with Gasteiger partial charge in [0.15, 0.2) is 11.6 Å². The number of benzene rings is 3. The third-order valence-electron chi connectivity index (χ3n) is 5.44. The van der Waals surface area contributed by atoms with E-state index in [1.54, 1.807) is 0 Å². The van der Waals surface area contributed by atoms with Crippen molar-refractivity contribution in [2.75, 3.05) is 19.7 Å². The van der Waals surface area contributed by atoms with E-state index in [-0.39, 0.29) is 13.0 Å². The second kappa shape index (κ2) is 13.7. The second-order valence-electron chi connectivity index (χ2n) is 8.29. The van der Waals surface area contributed by atoms with Gasteiger partial charge in [-0.25, -0.2) is 21.9 Å².